The molecule has 1 aliphatic heterocycles. The molecule has 6 heteroatoms. The Bertz CT molecular complexity index is 208. The fourth-order valence-corrected chi connectivity index (χ4v) is 1.03. The Hall–Kier alpha value is 0.400. The van der Waals surface area contributed by atoms with Crippen LogP contribution in [0.3, 0.4) is 0 Å². The van der Waals surface area contributed by atoms with E-state index in [1.54, 1.807) is 13.8 Å². The number of hydrogen-bond acceptors (Lipinski definition) is 4. The number of aliphatic imine (C=N–C) groups is 1. The minimum absolute atomic E-state index is 0.192. The third kappa shape index (κ3) is 3.96. The lowest BCUT2D eigenvalue weighted by Gasteiger charge is -2.09. The summed E-state index contributed by atoms with van der Waals surface area (Å²) in [5.74, 6) is 0.210. The molecule has 0 aromatic rings. The van der Waals surface area contributed by atoms with Crippen molar-refractivity contribution >= 4 is 49.1 Å². The number of carbonyl (C=O) groups is 1. The number of methoxy groups -OCH3 is 1. The number of esters is 1. The standard InChI is InChI=1S/C7H11NO3.I2/c1-4-6(7(9)10-3)8-5(2)11-4;1-2/h4,6H,1-3H3;/t4-,6?;/m0./s1. The summed E-state index contributed by atoms with van der Waals surface area (Å²) in [5, 5.41) is 0. The molecule has 0 aromatic heterocycles. The van der Waals surface area contributed by atoms with Gasteiger partial charge >= 0.3 is 5.97 Å². The van der Waals surface area contributed by atoms with Crippen LogP contribution in [0, 0.1) is 0 Å². The van der Waals surface area contributed by atoms with Crippen molar-refractivity contribution in [2.24, 2.45) is 4.99 Å². The number of carbonyl (C=O) groups excluding carboxylic acids is 1. The van der Waals surface area contributed by atoms with E-state index in [1.165, 1.54) is 7.11 Å². The van der Waals surface area contributed by atoms with Gasteiger partial charge in [0.25, 0.3) is 0 Å². The summed E-state index contributed by atoms with van der Waals surface area (Å²) in [4.78, 5) is 14.9. The van der Waals surface area contributed by atoms with Crippen molar-refractivity contribution in [1.82, 2.24) is 0 Å². The smallest absolute Gasteiger partial charge is 0.334 e. The lowest BCUT2D eigenvalue weighted by atomic mass is 10.2. The number of hydrogen-bond donors (Lipinski definition) is 0. The van der Waals surface area contributed by atoms with E-state index in [0.29, 0.717) is 5.90 Å². The summed E-state index contributed by atoms with van der Waals surface area (Å²) >= 11 is 4.24. The second-order valence-corrected chi connectivity index (χ2v) is 2.44. The van der Waals surface area contributed by atoms with Gasteiger partial charge in [-0.2, -0.15) is 0 Å². The average molecular weight is 411 g/mol. The van der Waals surface area contributed by atoms with Gasteiger partial charge in [-0.3, -0.25) is 0 Å². The van der Waals surface area contributed by atoms with Crippen LogP contribution >= 0.6 is 37.2 Å². The van der Waals surface area contributed by atoms with Gasteiger partial charge in [-0.15, -0.1) is 0 Å². The summed E-state index contributed by atoms with van der Waals surface area (Å²) in [7, 11) is 1.35. The Morgan fingerprint density at radius 3 is 2.46 bits per heavy atom. The average Bonchev–Trinajstić information content (AvgIpc) is 2.47. The van der Waals surface area contributed by atoms with E-state index in [0.717, 1.165) is 0 Å². The quantitative estimate of drug-likeness (QED) is 0.491. The first-order chi connectivity index (χ1) is 6.15. The van der Waals surface area contributed by atoms with Crippen molar-refractivity contribution in [2.75, 3.05) is 7.11 Å². The molecule has 0 aromatic carbocycles. The second-order valence-electron chi connectivity index (χ2n) is 2.44. The highest BCUT2D eigenvalue weighted by atomic mass is 128. The van der Waals surface area contributed by atoms with Crippen molar-refractivity contribution in [3.8, 4) is 0 Å². The zero-order valence-electron chi connectivity index (χ0n) is 7.58. The van der Waals surface area contributed by atoms with E-state index < -0.39 is 6.04 Å². The van der Waals surface area contributed by atoms with E-state index >= 15 is 0 Å². The fourth-order valence-electron chi connectivity index (χ4n) is 1.03. The van der Waals surface area contributed by atoms with Crippen molar-refractivity contribution in [2.45, 2.75) is 26.0 Å². The van der Waals surface area contributed by atoms with Gasteiger partial charge in [0.2, 0.25) is 0 Å². The van der Waals surface area contributed by atoms with E-state index in [1.807, 2.05) is 0 Å². The molecule has 2 atom stereocenters. The Labute approximate surface area is 101 Å². The van der Waals surface area contributed by atoms with E-state index in [9.17, 15) is 4.79 Å². The monoisotopic (exact) mass is 411 g/mol. The minimum atomic E-state index is -0.472. The zero-order chi connectivity index (χ0) is 10.4. The first kappa shape index (κ1) is 13.4. The Kier molecular flexibility index (Phi) is 7.00. The van der Waals surface area contributed by atoms with E-state index in [2.05, 4.69) is 47.0 Å². The molecule has 0 N–H and O–H groups in total. The maximum Gasteiger partial charge on any atom is 0.334 e. The highest BCUT2D eigenvalue weighted by Gasteiger charge is 2.32. The maximum atomic E-state index is 11.0. The predicted molar refractivity (Wildman–Crippen MR) is 67.5 cm³/mol. The molecule has 1 rings (SSSR count). The van der Waals surface area contributed by atoms with Gasteiger partial charge in [-0.25, -0.2) is 9.79 Å². The molecule has 0 aliphatic carbocycles. The highest BCUT2D eigenvalue weighted by Crippen LogP contribution is 2.13. The van der Waals surface area contributed by atoms with E-state index in [-0.39, 0.29) is 12.1 Å². The van der Waals surface area contributed by atoms with Crippen LogP contribution in [-0.4, -0.2) is 31.1 Å². The van der Waals surface area contributed by atoms with Crippen LogP contribution in [0.1, 0.15) is 13.8 Å². The molecule has 0 saturated carbocycles. The molecule has 4 nitrogen and oxygen atoms in total. The third-order valence-electron chi connectivity index (χ3n) is 1.56. The van der Waals surface area contributed by atoms with Crippen LogP contribution in [0.15, 0.2) is 4.99 Å². The topological polar surface area (TPSA) is 47.9 Å². The fraction of sp³-hybridized carbons (Fsp3) is 0.714. The van der Waals surface area contributed by atoms with Crippen molar-refractivity contribution in [3.05, 3.63) is 0 Å². The molecule has 0 bridgehead atoms. The molecule has 0 fully saturated rings. The number of ether oxygens (including phenoxy) is 2. The lowest BCUT2D eigenvalue weighted by molar-refractivity contribution is -0.143. The van der Waals surface area contributed by atoms with Gasteiger partial charge in [0.05, 0.1) is 7.11 Å². The number of halogens is 2. The van der Waals surface area contributed by atoms with Gasteiger partial charge in [0, 0.05) is 44.2 Å². The molecule has 0 radical (unpaired) electrons. The van der Waals surface area contributed by atoms with Crippen molar-refractivity contribution in [1.29, 1.82) is 0 Å². The molecule has 13 heavy (non-hydrogen) atoms. The van der Waals surface area contributed by atoms with Crippen LogP contribution in [0.5, 0.6) is 0 Å². The largest absolute Gasteiger partial charge is 0.475 e. The molecule has 0 saturated heterocycles. The summed E-state index contributed by atoms with van der Waals surface area (Å²) in [6.07, 6.45) is -0.192. The van der Waals surface area contributed by atoms with Crippen LogP contribution in [0.25, 0.3) is 0 Å². The highest BCUT2D eigenvalue weighted by molar-refractivity contribution is 15.0. The van der Waals surface area contributed by atoms with Gasteiger partial charge in [-0.1, -0.05) is 0 Å². The number of rotatable bonds is 1. The summed E-state index contributed by atoms with van der Waals surface area (Å²) in [6.45, 7) is 3.51. The normalized spacial score (nSPS) is 25.2. The molecule has 0 amide bonds. The Balaban J connectivity index is 0.000000671. The van der Waals surface area contributed by atoms with Gasteiger partial charge in [0.15, 0.2) is 11.9 Å². The van der Waals surface area contributed by atoms with Crippen LogP contribution in [0.4, 0.5) is 0 Å². The minimum Gasteiger partial charge on any atom is -0.475 e. The summed E-state index contributed by atoms with van der Waals surface area (Å²) in [5.41, 5.74) is 0. The van der Waals surface area contributed by atoms with E-state index in [4.69, 9.17) is 4.74 Å². The Morgan fingerprint density at radius 2 is 2.15 bits per heavy atom. The molecular formula is C7H11I2NO3. The maximum absolute atomic E-state index is 11.0. The zero-order valence-corrected chi connectivity index (χ0v) is 11.9. The SMILES string of the molecule is COC(=O)C1N=C(C)O[C@H]1C.II. The van der Waals surface area contributed by atoms with Crippen LogP contribution < -0.4 is 0 Å². The van der Waals surface area contributed by atoms with Crippen LogP contribution in [0.2, 0.25) is 0 Å². The first-order valence-corrected chi connectivity index (χ1v) is 9.87. The molecule has 1 unspecified atom stereocenters. The van der Waals surface area contributed by atoms with Crippen LogP contribution in [-0.2, 0) is 14.3 Å². The molecule has 76 valence electrons. The van der Waals surface area contributed by atoms with Crippen molar-refractivity contribution in [3.63, 3.8) is 0 Å². The predicted octanol–water partition coefficient (Wildman–Crippen LogP) is 2.14. The Morgan fingerprint density at radius 1 is 1.62 bits per heavy atom. The molecular weight excluding hydrogens is 400 g/mol. The lowest BCUT2D eigenvalue weighted by Crippen LogP contribution is -2.28. The molecule has 1 aliphatic rings. The van der Waals surface area contributed by atoms with Gasteiger partial charge in [-0.05, 0) is 6.92 Å². The summed E-state index contributed by atoms with van der Waals surface area (Å²) < 4.78 is 9.67. The number of nitrogens with zero attached hydrogens (tertiary/aromatic N) is 1. The van der Waals surface area contributed by atoms with Gasteiger partial charge in [0.1, 0.15) is 6.10 Å². The van der Waals surface area contributed by atoms with Gasteiger partial charge < -0.3 is 9.47 Å². The molecule has 0 spiro atoms. The summed E-state index contributed by atoms with van der Waals surface area (Å²) in [6, 6.07) is -0.472. The third-order valence-corrected chi connectivity index (χ3v) is 1.56. The van der Waals surface area contributed by atoms with Crippen molar-refractivity contribution < 1.29 is 14.3 Å². The molecule has 1 heterocycles. The second kappa shape index (κ2) is 6.80. The first-order valence-electron chi connectivity index (χ1n) is 3.58.